The normalized spacial score (nSPS) is 9.74. The number of nitrogens with zero attached hydrogens (tertiary/aromatic N) is 1. The summed E-state index contributed by atoms with van der Waals surface area (Å²) in [6, 6.07) is 21.7. The van der Waals surface area contributed by atoms with Gasteiger partial charge in [-0.2, -0.15) is 5.26 Å². The molecule has 2 aromatic carbocycles. The average Bonchev–Trinajstić information content (AvgIpc) is 2.57. The summed E-state index contributed by atoms with van der Waals surface area (Å²) in [7, 11) is 0. The molecule has 0 bridgehead atoms. The summed E-state index contributed by atoms with van der Waals surface area (Å²) in [5.41, 5.74) is 3.02. The first-order valence-electron chi connectivity index (χ1n) is 7.61. The smallest absolute Gasteiger partial charge is 0.348 e. The van der Waals surface area contributed by atoms with Crippen molar-refractivity contribution in [3.8, 4) is 6.07 Å². The zero-order valence-corrected chi connectivity index (χ0v) is 13.2. The molecule has 3 heteroatoms. The van der Waals surface area contributed by atoms with Crippen molar-refractivity contribution < 1.29 is 9.53 Å². The molecular weight excluding hydrogens is 286 g/mol. The van der Waals surface area contributed by atoms with E-state index in [-0.39, 0.29) is 12.2 Å². The number of rotatable bonds is 6. The van der Waals surface area contributed by atoms with Crippen LogP contribution in [0, 0.1) is 11.3 Å². The number of allylic oxidation sites excluding steroid dienone is 1. The van der Waals surface area contributed by atoms with Crippen LogP contribution in [-0.4, -0.2) is 12.6 Å². The molecule has 0 amide bonds. The summed E-state index contributed by atoms with van der Waals surface area (Å²) in [4.78, 5) is 12.1. The highest BCUT2D eigenvalue weighted by Crippen LogP contribution is 2.18. The molecule has 0 aliphatic heterocycles. The Morgan fingerprint density at radius 1 is 0.957 bits per heavy atom. The van der Waals surface area contributed by atoms with E-state index in [1.54, 1.807) is 6.92 Å². The van der Waals surface area contributed by atoms with Crippen molar-refractivity contribution in [3.05, 3.63) is 82.9 Å². The van der Waals surface area contributed by atoms with E-state index in [1.807, 2.05) is 66.7 Å². The summed E-state index contributed by atoms with van der Waals surface area (Å²) >= 11 is 0. The predicted octanol–water partition coefficient (Wildman–Crippen LogP) is 3.86. The van der Waals surface area contributed by atoms with Crippen LogP contribution in [0.4, 0.5) is 0 Å². The van der Waals surface area contributed by atoms with Gasteiger partial charge in [-0.25, -0.2) is 4.79 Å². The van der Waals surface area contributed by atoms with Gasteiger partial charge in [0.15, 0.2) is 0 Å². The maximum absolute atomic E-state index is 12.1. The Labute approximate surface area is 136 Å². The highest BCUT2D eigenvalue weighted by atomic mass is 16.5. The highest BCUT2D eigenvalue weighted by molar-refractivity contribution is 5.93. The molecule has 0 aromatic heterocycles. The van der Waals surface area contributed by atoms with Crippen LogP contribution in [-0.2, 0) is 22.4 Å². The lowest BCUT2D eigenvalue weighted by Gasteiger charge is -2.11. The fraction of sp³-hybridized carbons (Fsp3) is 0.200. The first kappa shape index (κ1) is 16.5. The summed E-state index contributed by atoms with van der Waals surface area (Å²) in [6.45, 7) is 1.99. The molecule has 0 atom stereocenters. The maximum atomic E-state index is 12.1. The van der Waals surface area contributed by atoms with E-state index in [1.165, 1.54) is 0 Å². The van der Waals surface area contributed by atoms with Crippen molar-refractivity contribution in [3.63, 3.8) is 0 Å². The standard InChI is InChI=1S/C20H19NO2/c1-2-23-20(22)19(15-21)18(13-16-9-5-3-6-10-16)14-17-11-7-4-8-12-17/h3-12H,2,13-14H2,1H3. The molecule has 0 unspecified atom stereocenters. The number of carbonyl (C=O) groups is 1. The molecule has 2 aromatic rings. The molecular formula is C20H19NO2. The molecule has 0 aliphatic carbocycles. The van der Waals surface area contributed by atoms with E-state index < -0.39 is 5.97 Å². The maximum Gasteiger partial charge on any atom is 0.348 e. The van der Waals surface area contributed by atoms with Crippen LogP contribution < -0.4 is 0 Å². The van der Waals surface area contributed by atoms with Crippen molar-refractivity contribution in [1.29, 1.82) is 5.26 Å². The summed E-state index contributed by atoms with van der Waals surface area (Å²) in [6.07, 6.45) is 1.11. The number of esters is 1. The largest absolute Gasteiger partial charge is 0.462 e. The third kappa shape index (κ3) is 4.82. The van der Waals surface area contributed by atoms with Gasteiger partial charge in [0.1, 0.15) is 11.6 Å². The van der Waals surface area contributed by atoms with Gasteiger partial charge in [0.2, 0.25) is 0 Å². The van der Waals surface area contributed by atoms with Crippen LogP contribution in [0.15, 0.2) is 71.8 Å². The second-order valence-electron chi connectivity index (χ2n) is 5.14. The fourth-order valence-corrected chi connectivity index (χ4v) is 2.40. The molecule has 0 radical (unpaired) electrons. The Bertz CT molecular complexity index is 669. The number of hydrogen-bond donors (Lipinski definition) is 0. The monoisotopic (exact) mass is 305 g/mol. The fourth-order valence-electron chi connectivity index (χ4n) is 2.40. The lowest BCUT2D eigenvalue weighted by Crippen LogP contribution is -2.11. The number of nitriles is 1. The van der Waals surface area contributed by atoms with E-state index in [2.05, 4.69) is 0 Å². The second-order valence-corrected chi connectivity index (χ2v) is 5.14. The Hall–Kier alpha value is -2.86. The summed E-state index contributed by atoms with van der Waals surface area (Å²) < 4.78 is 5.03. The van der Waals surface area contributed by atoms with E-state index in [9.17, 15) is 10.1 Å². The quantitative estimate of drug-likeness (QED) is 0.462. The van der Waals surface area contributed by atoms with Crippen molar-refractivity contribution >= 4 is 5.97 Å². The van der Waals surface area contributed by atoms with Gasteiger partial charge in [-0.15, -0.1) is 0 Å². The minimum Gasteiger partial charge on any atom is -0.462 e. The Balaban J connectivity index is 2.37. The molecule has 0 fully saturated rings. The van der Waals surface area contributed by atoms with Gasteiger partial charge >= 0.3 is 5.97 Å². The van der Waals surface area contributed by atoms with Gasteiger partial charge in [0, 0.05) is 0 Å². The molecule has 23 heavy (non-hydrogen) atoms. The van der Waals surface area contributed by atoms with Gasteiger partial charge in [0.05, 0.1) is 6.61 Å². The Morgan fingerprint density at radius 3 is 1.83 bits per heavy atom. The van der Waals surface area contributed by atoms with Crippen molar-refractivity contribution in [2.75, 3.05) is 6.61 Å². The van der Waals surface area contributed by atoms with Gasteiger partial charge in [0.25, 0.3) is 0 Å². The number of benzene rings is 2. The molecule has 0 saturated heterocycles. The van der Waals surface area contributed by atoms with Crippen LogP contribution in [0.3, 0.4) is 0 Å². The number of hydrogen-bond acceptors (Lipinski definition) is 3. The van der Waals surface area contributed by atoms with Gasteiger partial charge in [-0.3, -0.25) is 0 Å². The van der Waals surface area contributed by atoms with E-state index in [0.717, 1.165) is 16.7 Å². The molecule has 116 valence electrons. The topological polar surface area (TPSA) is 50.1 Å². The summed E-state index contributed by atoms with van der Waals surface area (Å²) in [5.74, 6) is -0.545. The molecule has 0 heterocycles. The van der Waals surface area contributed by atoms with Crippen molar-refractivity contribution in [2.24, 2.45) is 0 Å². The van der Waals surface area contributed by atoms with Crippen LogP contribution in [0.1, 0.15) is 18.1 Å². The zero-order valence-electron chi connectivity index (χ0n) is 13.2. The predicted molar refractivity (Wildman–Crippen MR) is 89.6 cm³/mol. The lowest BCUT2D eigenvalue weighted by molar-refractivity contribution is -0.138. The molecule has 3 nitrogen and oxygen atoms in total. The van der Waals surface area contributed by atoms with Crippen molar-refractivity contribution in [2.45, 2.75) is 19.8 Å². The lowest BCUT2D eigenvalue weighted by atomic mass is 9.94. The van der Waals surface area contributed by atoms with Gasteiger partial charge in [-0.05, 0) is 36.5 Å². The molecule has 2 rings (SSSR count). The minimum absolute atomic E-state index is 0.111. The molecule has 0 spiro atoms. The van der Waals surface area contributed by atoms with Crippen LogP contribution >= 0.6 is 0 Å². The Morgan fingerprint density at radius 2 is 1.43 bits per heavy atom. The first-order chi connectivity index (χ1) is 11.2. The minimum atomic E-state index is -0.545. The van der Waals surface area contributed by atoms with E-state index >= 15 is 0 Å². The number of ether oxygens (including phenoxy) is 1. The summed E-state index contributed by atoms with van der Waals surface area (Å²) in [5, 5.41) is 9.44. The third-order valence-electron chi connectivity index (χ3n) is 3.47. The van der Waals surface area contributed by atoms with Crippen LogP contribution in [0.2, 0.25) is 0 Å². The van der Waals surface area contributed by atoms with E-state index in [0.29, 0.717) is 12.8 Å². The Kier molecular flexibility index (Phi) is 6.14. The van der Waals surface area contributed by atoms with Crippen molar-refractivity contribution in [1.82, 2.24) is 0 Å². The SMILES string of the molecule is CCOC(=O)C(C#N)=C(Cc1ccccc1)Cc1ccccc1. The molecule has 0 aliphatic rings. The van der Waals surface area contributed by atoms with Crippen LogP contribution in [0.25, 0.3) is 0 Å². The molecule has 0 N–H and O–H groups in total. The van der Waals surface area contributed by atoms with E-state index in [4.69, 9.17) is 4.74 Å². The second kappa shape index (κ2) is 8.55. The van der Waals surface area contributed by atoms with Crippen LogP contribution in [0.5, 0.6) is 0 Å². The zero-order chi connectivity index (χ0) is 16.5. The van der Waals surface area contributed by atoms with Gasteiger partial charge in [-0.1, -0.05) is 60.7 Å². The number of carbonyl (C=O) groups excluding carboxylic acids is 1. The molecule has 0 saturated carbocycles. The first-order valence-corrected chi connectivity index (χ1v) is 7.61. The average molecular weight is 305 g/mol. The highest BCUT2D eigenvalue weighted by Gasteiger charge is 2.17. The van der Waals surface area contributed by atoms with Gasteiger partial charge < -0.3 is 4.74 Å². The third-order valence-corrected chi connectivity index (χ3v) is 3.47.